The molecule has 2 aliphatic heterocycles. The molecule has 0 N–H and O–H groups in total. The molecule has 0 radical (unpaired) electrons. The molecule has 2 saturated heterocycles. The van der Waals surface area contributed by atoms with Crippen molar-refractivity contribution in [3.8, 4) is 5.69 Å². The molecule has 218 valence electrons. The minimum absolute atomic E-state index is 0.523. The first kappa shape index (κ1) is 27.1. The van der Waals surface area contributed by atoms with Gasteiger partial charge in [-0.2, -0.15) is 9.40 Å². The average molecular weight is 586 g/mol. The third-order valence-electron chi connectivity index (χ3n) is 8.23. The Labute approximate surface area is 245 Å². The van der Waals surface area contributed by atoms with Gasteiger partial charge >= 0.3 is 0 Å². The molecule has 3 aromatic carbocycles. The van der Waals surface area contributed by atoms with E-state index in [1.54, 1.807) is 4.31 Å². The average Bonchev–Trinajstić information content (AvgIpc) is 3.59. The summed E-state index contributed by atoms with van der Waals surface area (Å²) in [6.45, 7) is 6.91. The summed E-state index contributed by atoms with van der Waals surface area (Å²) in [5, 5.41) is 12.3. The zero-order chi connectivity index (χ0) is 28.7. The van der Waals surface area contributed by atoms with Crippen molar-refractivity contribution in [3.63, 3.8) is 0 Å². The summed E-state index contributed by atoms with van der Waals surface area (Å²) < 4.78 is 35.2. The van der Waals surface area contributed by atoms with Gasteiger partial charge in [-0.3, -0.25) is 9.58 Å². The number of sulfonamides is 1. The number of aromatic nitrogens is 4. The van der Waals surface area contributed by atoms with Gasteiger partial charge in [-0.15, -0.1) is 5.10 Å². The summed E-state index contributed by atoms with van der Waals surface area (Å²) in [6, 6.07) is 23.2. The van der Waals surface area contributed by atoms with Crippen LogP contribution in [0.1, 0.15) is 11.1 Å². The van der Waals surface area contributed by atoms with Gasteiger partial charge < -0.3 is 9.64 Å². The molecule has 0 amide bonds. The number of hydrogen-bond donors (Lipinski definition) is 0. The van der Waals surface area contributed by atoms with E-state index in [1.165, 1.54) is 17.4 Å². The number of benzene rings is 3. The van der Waals surface area contributed by atoms with Crippen LogP contribution in [-0.2, 0) is 27.8 Å². The van der Waals surface area contributed by atoms with Crippen LogP contribution in [0.4, 0.5) is 5.82 Å². The SMILES string of the molecule is CS(=O)(=O)N1CCN(Cc2ccc3c(N4CCOCC4)nn(-c4cccc5nn(Cc6ccccc6)cc45)c3c2)CC1. The van der Waals surface area contributed by atoms with Crippen molar-refractivity contribution in [2.24, 2.45) is 0 Å². The molecule has 42 heavy (non-hydrogen) atoms. The van der Waals surface area contributed by atoms with Gasteiger partial charge in [0.2, 0.25) is 10.0 Å². The molecule has 11 heteroatoms. The van der Waals surface area contributed by atoms with Gasteiger partial charge in [0.05, 0.1) is 42.7 Å². The highest BCUT2D eigenvalue weighted by Crippen LogP contribution is 2.33. The molecular formula is C31H35N7O3S. The highest BCUT2D eigenvalue weighted by atomic mass is 32.2. The van der Waals surface area contributed by atoms with Crippen molar-refractivity contribution < 1.29 is 13.2 Å². The van der Waals surface area contributed by atoms with Gasteiger partial charge in [0.1, 0.15) is 0 Å². The van der Waals surface area contributed by atoms with Crippen LogP contribution >= 0.6 is 0 Å². The predicted molar refractivity (Wildman–Crippen MR) is 165 cm³/mol. The first-order valence-corrected chi connectivity index (χ1v) is 16.3. The number of ether oxygens (including phenoxy) is 1. The molecule has 4 heterocycles. The summed E-state index contributed by atoms with van der Waals surface area (Å²) in [6.07, 6.45) is 3.40. The van der Waals surface area contributed by atoms with Gasteiger partial charge in [0, 0.05) is 62.8 Å². The smallest absolute Gasteiger partial charge is 0.211 e. The summed E-state index contributed by atoms with van der Waals surface area (Å²) in [4.78, 5) is 4.63. The van der Waals surface area contributed by atoms with Gasteiger partial charge in [-0.1, -0.05) is 42.5 Å². The number of nitrogens with zero attached hydrogens (tertiary/aromatic N) is 7. The molecular weight excluding hydrogens is 550 g/mol. The van der Waals surface area contributed by atoms with E-state index >= 15 is 0 Å². The van der Waals surface area contributed by atoms with Crippen LogP contribution in [0.5, 0.6) is 0 Å². The van der Waals surface area contributed by atoms with Crippen molar-refractivity contribution in [3.05, 3.63) is 84.1 Å². The standard InChI is InChI=1S/C31H35N7O3S/c1-42(39,40)37-14-12-34(13-15-37)21-25-10-11-26-30(20-25)38(33-31(26)35-16-18-41-19-17-35)29-9-5-8-28-27(29)23-36(32-28)22-24-6-3-2-4-7-24/h2-11,20,23H,12-19,21-22H2,1H3. The third-order valence-corrected chi connectivity index (χ3v) is 9.54. The Morgan fingerprint density at radius 3 is 2.33 bits per heavy atom. The van der Waals surface area contributed by atoms with E-state index in [4.69, 9.17) is 14.9 Å². The number of hydrogen-bond acceptors (Lipinski definition) is 7. The molecule has 0 saturated carbocycles. The van der Waals surface area contributed by atoms with E-state index in [0.717, 1.165) is 52.9 Å². The lowest BCUT2D eigenvalue weighted by Gasteiger charge is -2.33. The fourth-order valence-electron chi connectivity index (χ4n) is 6.03. The van der Waals surface area contributed by atoms with E-state index < -0.39 is 10.0 Å². The Hall–Kier alpha value is -3.77. The van der Waals surface area contributed by atoms with Crippen molar-refractivity contribution >= 4 is 37.6 Å². The molecule has 0 bridgehead atoms. The molecule has 0 atom stereocenters. The molecule has 0 aliphatic carbocycles. The van der Waals surface area contributed by atoms with Crippen LogP contribution in [0.15, 0.2) is 72.9 Å². The van der Waals surface area contributed by atoms with E-state index in [-0.39, 0.29) is 0 Å². The first-order valence-electron chi connectivity index (χ1n) is 14.4. The van der Waals surface area contributed by atoms with Gasteiger partial charge in [-0.25, -0.2) is 13.1 Å². The summed E-state index contributed by atoms with van der Waals surface area (Å²) >= 11 is 0. The van der Waals surface area contributed by atoms with Crippen LogP contribution in [0, 0.1) is 0 Å². The normalized spacial score (nSPS) is 17.4. The van der Waals surface area contributed by atoms with Crippen LogP contribution in [-0.4, -0.2) is 95.9 Å². The molecule has 2 fully saturated rings. The first-order chi connectivity index (χ1) is 20.4. The number of morpholine rings is 1. The molecule has 2 aromatic heterocycles. The molecule has 5 aromatic rings. The van der Waals surface area contributed by atoms with E-state index in [9.17, 15) is 8.42 Å². The van der Waals surface area contributed by atoms with Crippen LogP contribution < -0.4 is 4.90 Å². The third kappa shape index (κ3) is 5.40. The summed E-state index contributed by atoms with van der Waals surface area (Å²) in [7, 11) is -3.15. The van der Waals surface area contributed by atoms with Gasteiger partial charge in [-0.05, 0) is 35.4 Å². The van der Waals surface area contributed by atoms with Crippen LogP contribution in [0.2, 0.25) is 0 Å². The number of rotatable bonds is 7. The topological polar surface area (TPSA) is 88.7 Å². The van der Waals surface area contributed by atoms with Gasteiger partial charge in [0.15, 0.2) is 5.82 Å². The minimum atomic E-state index is -3.15. The van der Waals surface area contributed by atoms with Crippen LogP contribution in [0.25, 0.3) is 27.5 Å². The largest absolute Gasteiger partial charge is 0.378 e. The van der Waals surface area contributed by atoms with E-state index in [1.807, 2.05) is 16.8 Å². The van der Waals surface area contributed by atoms with Crippen molar-refractivity contribution in [1.82, 2.24) is 28.8 Å². The van der Waals surface area contributed by atoms with Crippen molar-refractivity contribution in [1.29, 1.82) is 0 Å². The second kappa shape index (κ2) is 11.1. The molecule has 10 nitrogen and oxygen atoms in total. The second-order valence-electron chi connectivity index (χ2n) is 11.1. The highest BCUT2D eigenvalue weighted by Gasteiger charge is 2.25. The Balaban J connectivity index is 1.26. The molecule has 0 unspecified atom stereocenters. The summed E-state index contributed by atoms with van der Waals surface area (Å²) in [5.74, 6) is 0.968. The molecule has 0 spiro atoms. The van der Waals surface area contributed by atoms with E-state index in [2.05, 4.69) is 75.3 Å². The van der Waals surface area contributed by atoms with E-state index in [0.29, 0.717) is 45.9 Å². The maximum atomic E-state index is 12.0. The highest BCUT2D eigenvalue weighted by molar-refractivity contribution is 7.88. The molecule has 7 rings (SSSR count). The maximum absolute atomic E-state index is 12.0. The quantitative estimate of drug-likeness (QED) is 0.290. The lowest BCUT2D eigenvalue weighted by Crippen LogP contribution is -2.47. The minimum Gasteiger partial charge on any atom is -0.378 e. The predicted octanol–water partition coefficient (Wildman–Crippen LogP) is 3.34. The second-order valence-corrected chi connectivity index (χ2v) is 13.1. The van der Waals surface area contributed by atoms with Crippen LogP contribution in [0.3, 0.4) is 0 Å². The van der Waals surface area contributed by atoms with Crippen molar-refractivity contribution in [2.75, 3.05) is 63.6 Å². The fraction of sp³-hybridized carbons (Fsp3) is 0.355. The maximum Gasteiger partial charge on any atom is 0.211 e. The molecule has 2 aliphatic rings. The Kier molecular flexibility index (Phi) is 7.19. The zero-order valence-electron chi connectivity index (χ0n) is 23.8. The van der Waals surface area contributed by atoms with Crippen molar-refractivity contribution in [2.45, 2.75) is 13.1 Å². The number of anilines is 1. The monoisotopic (exact) mass is 585 g/mol. The number of piperazine rings is 1. The van der Waals surface area contributed by atoms with Gasteiger partial charge in [0.25, 0.3) is 0 Å². The number of fused-ring (bicyclic) bond motifs is 2. The fourth-order valence-corrected chi connectivity index (χ4v) is 6.85. The Morgan fingerprint density at radius 2 is 1.57 bits per heavy atom. The lowest BCUT2D eigenvalue weighted by molar-refractivity contribution is 0.122. The lowest BCUT2D eigenvalue weighted by atomic mass is 10.1. The Bertz CT molecular complexity index is 1820. The zero-order valence-corrected chi connectivity index (χ0v) is 24.6. The summed E-state index contributed by atoms with van der Waals surface area (Å²) in [5.41, 5.74) is 5.35. The Morgan fingerprint density at radius 1 is 0.786 bits per heavy atom.